The van der Waals surface area contributed by atoms with Crippen molar-refractivity contribution in [3.8, 4) is 17.0 Å². The van der Waals surface area contributed by atoms with E-state index in [2.05, 4.69) is 23.4 Å². The van der Waals surface area contributed by atoms with Crippen LogP contribution in [0.5, 0.6) is 5.75 Å². The lowest BCUT2D eigenvalue weighted by Gasteiger charge is -2.02. The van der Waals surface area contributed by atoms with Gasteiger partial charge in [0.05, 0.1) is 12.8 Å². The van der Waals surface area contributed by atoms with Crippen LogP contribution < -0.4 is 4.74 Å². The second-order valence-electron chi connectivity index (χ2n) is 2.97. The summed E-state index contributed by atoms with van der Waals surface area (Å²) >= 11 is 1.73. The highest BCUT2D eigenvalue weighted by Crippen LogP contribution is 2.27. The molecule has 0 unspecified atom stereocenters. The molecule has 2 aromatic rings. The molecule has 2 heterocycles. The summed E-state index contributed by atoms with van der Waals surface area (Å²) in [5.41, 5.74) is 2.16. The molecule has 0 fully saturated rings. The Balaban J connectivity index is 2.47. The van der Waals surface area contributed by atoms with Crippen LogP contribution in [0, 0.1) is 6.92 Å². The summed E-state index contributed by atoms with van der Waals surface area (Å²) in [4.78, 5) is 5.60. The van der Waals surface area contributed by atoms with Gasteiger partial charge in [-0.05, 0) is 24.4 Å². The van der Waals surface area contributed by atoms with Gasteiger partial charge in [0.15, 0.2) is 0 Å². The Morgan fingerprint density at radius 3 is 2.86 bits per heavy atom. The molecule has 0 saturated carbocycles. The molecule has 2 nitrogen and oxygen atoms in total. The van der Waals surface area contributed by atoms with Crippen LogP contribution in [-0.4, -0.2) is 12.1 Å². The van der Waals surface area contributed by atoms with Gasteiger partial charge in [-0.2, -0.15) is 0 Å². The van der Waals surface area contributed by atoms with E-state index in [0.717, 1.165) is 11.4 Å². The Morgan fingerprint density at radius 1 is 1.36 bits per heavy atom. The lowest BCUT2D eigenvalue weighted by molar-refractivity contribution is 0.414. The van der Waals surface area contributed by atoms with Crippen molar-refractivity contribution in [2.24, 2.45) is 0 Å². The maximum absolute atomic E-state index is 5.16. The summed E-state index contributed by atoms with van der Waals surface area (Å²) in [7, 11) is 1.67. The van der Waals surface area contributed by atoms with Gasteiger partial charge in [-0.15, -0.1) is 11.3 Å². The fraction of sp³-hybridized carbons (Fsp3) is 0.182. The lowest BCUT2D eigenvalue weighted by atomic mass is 10.2. The molecule has 0 saturated heterocycles. The van der Waals surface area contributed by atoms with Crippen molar-refractivity contribution < 1.29 is 4.74 Å². The summed E-state index contributed by atoms with van der Waals surface area (Å²) in [6, 6.07) is 5.89. The third-order valence-corrected chi connectivity index (χ3v) is 2.95. The van der Waals surface area contributed by atoms with Crippen LogP contribution >= 0.6 is 11.3 Å². The average Bonchev–Trinajstić information content (AvgIpc) is 2.65. The van der Waals surface area contributed by atoms with Gasteiger partial charge < -0.3 is 4.74 Å². The molecular weight excluding hydrogens is 194 g/mol. The van der Waals surface area contributed by atoms with Crippen molar-refractivity contribution in [3.05, 3.63) is 34.7 Å². The van der Waals surface area contributed by atoms with E-state index in [-0.39, 0.29) is 0 Å². The van der Waals surface area contributed by atoms with Crippen LogP contribution in [0.3, 0.4) is 0 Å². The monoisotopic (exact) mass is 205 g/mol. The molecule has 14 heavy (non-hydrogen) atoms. The zero-order chi connectivity index (χ0) is 9.97. The number of methoxy groups -OCH3 is 1. The third kappa shape index (κ3) is 1.63. The second-order valence-corrected chi connectivity index (χ2v) is 4.09. The number of pyridine rings is 1. The van der Waals surface area contributed by atoms with Gasteiger partial charge in [0.1, 0.15) is 5.75 Å². The SMILES string of the molecule is COc1ccnc(-c2ccsc2C)c1. The van der Waals surface area contributed by atoms with Crippen molar-refractivity contribution >= 4 is 11.3 Å². The van der Waals surface area contributed by atoms with E-state index in [0.29, 0.717) is 0 Å². The van der Waals surface area contributed by atoms with Gasteiger partial charge in [0.25, 0.3) is 0 Å². The quantitative estimate of drug-likeness (QED) is 0.751. The zero-order valence-electron chi connectivity index (χ0n) is 8.15. The highest BCUT2D eigenvalue weighted by atomic mass is 32.1. The van der Waals surface area contributed by atoms with E-state index in [1.165, 1.54) is 10.4 Å². The van der Waals surface area contributed by atoms with Crippen LogP contribution in [0.2, 0.25) is 0 Å². The van der Waals surface area contributed by atoms with E-state index in [9.17, 15) is 0 Å². The number of nitrogens with zero attached hydrogens (tertiary/aromatic N) is 1. The molecule has 0 aliphatic rings. The minimum absolute atomic E-state index is 0.848. The lowest BCUT2D eigenvalue weighted by Crippen LogP contribution is -1.86. The van der Waals surface area contributed by atoms with Gasteiger partial charge in [0, 0.05) is 22.7 Å². The van der Waals surface area contributed by atoms with Gasteiger partial charge in [-0.25, -0.2) is 0 Å². The van der Waals surface area contributed by atoms with E-state index in [1.807, 2.05) is 12.1 Å². The predicted octanol–water partition coefficient (Wildman–Crippen LogP) is 3.13. The molecule has 0 bridgehead atoms. The van der Waals surface area contributed by atoms with Crippen molar-refractivity contribution in [2.75, 3.05) is 7.11 Å². The standard InChI is InChI=1S/C11H11NOS/c1-8-10(4-6-14-8)11-7-9(13-2)3-5-12-11/h3-7H,1-2H3. The van der Waals surface area contributed by atoms with Crippen LogP contribution in [-0.2, 0) is 0 Å². The molecule has 2 aromatic heterocycles. The van der Waals surface area contributed by atoms with Gasteiger partial charge in [-0.3, -0.25) is 4.98 Å². The Labute approximate surface area is 87.2 Å². The minimum Gasteiger partial charge on any atom is -0.497 e. The number of hydrogen-bond donors (Lipinski definition) is 0. The number of aryl methyl sites for hydroxylation is 1. The van der Waals surface area contributed by atoms with E-state index >= 15 is 0 Å². The first-order chi connectivity index (χ1) is 6.81. The average molecular weight is 205 g/mol. The molecule has 0 amide bonds. The molecule has 72 valence electrons. The first kappa shape index (κ1) is 9.21. The molecule has 0 aromatic carbocycles. The second kappa shape index (κ2) is 3.80. The van der Waals surface area contributed by atoms with Gasteiger partial charge in [-0.1, -0.05) is 0 Å². The maximum Gasteiger partial charge on any atom is 0.122 e. The molecule has 3 heteroatoms. The van der Waals surface area contributed by atoms with Crippen molar-refractivity contribution in [2.45, 2.75) is 6.92 Å². The maximum atomic E-state index is 5.16. The number of ether oxygens (including phenoxy) is 1. The Hall–Kier alpha value is -1.35. The topological polar surface area (TPSA) is 22.1 Å². The summed E-state index contributed by atoms with van der Waals surface area (Å²) in [5.74, 6) is 0.848. The van der Waals surface area contributed by atoms with Crippen molar-refractivity contribution in [3.63, 3.8) is 0 Å². The van der Waals surface area contributed by atoms with E-state index < -0.39 is 0 Å². The summed E-state index contributed by atoms with van der Waals surface area (Å²) in [6.07, 6.45) is 1.77. The first-order valence-electron chi connectivity index (χ1n) is 4.36. The van der Waals surface area contributed by atoms with Crippen LogP contribution in [0.4, 0.5) is 0 Å². The summed E-state index contributed by atoms with van der Waals surface area (Å²) in [6.45, 7) is 2.10. The normalized spacial score (nSPS) is 10.1. The number of hydrogen-bond acceptors (Lipinski definition) is 3. The predicted molar refractivity (Wildman–Crippen MR) is 58.8 cm³/mol. The van der Waals surface area contributed by atoms with Crippen molar-refractivity contribution in [1.82, 2.24) is 4.98 Å². The van der Waals surface area contributed by atoms with Crippen LogP contribution in [0.25, 0.3) is 11.3 Å². The molecule has 0 radical (unpaired) electrons. The molecule has 0 spiro atoms. The third-order valence-electron chi connectivity index (χ3n) is 2.10. The highest BCUT2D eigenvalue weighted by molar-refractivity contribution is 7.10. The zero-order valence-corrected chi connectivity index (χ0v) is 8.97. The Kier molecular flexibility index (Phi) is 2.50. The Bertz CT molecular complexity index is 436. The molecule has 0 aliphatic heterocycles. The largest absolute Gasteiger partial charge is 0.497 e. The molecular formula is C11H11NOS. The summed E-state index contributed by atoms with van der Waals surface area (Å²) < 4.78 is 5.16. The smallest absolute Gasteiger partial charge is 0.122 e. The first-order valence-corrected chi connectivity index (χ1v) is 5.24. The number of thiophene rings is 1. The number of rotatable bonds is 2. The fourth-order valence-electron chi connectivity index (χ4n) is 1.34. The van der Waals surface area contributed by atoms with Crippen LogP contribution in [0.15, 0.2) is 29.8 Å². The Morgan fingerprint density at radius 2 is 2.21 bits per heavy atom. The van der Waals surface area contributed by atoms with Gasteiger partial charge >= 0.3 is 0 Å². The molecule has 0 atom stereocenters. The van der Waals surface area contributed by atoms with Crippen LogP contribution in [0.1, 0.15) is 4.88 Å². The minimum atomic E-state index is 0.848. The fourth-order valence-corrected chi connectivity index (χ4v) is 2.04. The summed E-state index contributed by atoms with van der Waals surface area (Å²) in [5, 5.41) is 2.08. The van der Waals surface area contributed by atoms with Crippen molar-refractivity contribution in [1.29, 1.82) is 0 Å². The molecule has 0 N–H and O–H groups in total. The highest BCUT2D eigenvalue weighted by Gasteiger charge is 2.04. The van der Waals surface area contributed by atoms with E-state index in [1.54, 1.807) is 24.6 Å². The molecule has 2 rings (SSSR count). The van der Waals surface area contributed by atoms with Gasteiger partial charge in [0.2, 0.25) is 0 Å². The van der Waals surface area contributed by atoms with E-state index in [4.69, 9.17) is 4.74 Å². The molecule has 0 aliphatic carbocycles. The number of aromatic nitrogens is 1.